The van der Waals surface area contributed by atoms with E-state index < -0.39 is 17.6 Å². The number of alkyl halides is 3. The van der Waals surface area contributed by atoms with Gasteiger partial charge in [-0.15, -0.1) is 0 Å². The maximum atomic E-state index is 13.2. The predicted octanol–water partition coefficient (Wildman–Crippen LogP) is 3.99. The molecule has 0 unspecified atom stereocenters. The summed E-state index contributed by atoms with van der Waals surface area (Å²) in [6.45, 7) is 0.214. The molecular formula is C16H15F4NO. The van der Waals surface area contributed by atoms with Crippen molar-refractivity contribution in [3.63, 3.8) is 0 Å². The number of hydrogen-bond acceptors (Lipinski definition) is 2. The Morgan fingerprint density at radius 3 is 2.18 bits per heavy atom. The van der Waals surface area contributed by atoms with Gasteiger partial charge in [0, 0.05) is 18.8 Å². The lowest BCUT2D eigenvalue weighted by Gasteiger charge is -2.11. The Kier molecular flexibility index (Phi) is 5.03. The molecule has 0 fully saturated rings. The standard InChI is InChI=1S/C16H15F4NO/c17-15-6-3-12(9-14(15)16(18,19)20)10-21-13-4-1-11(2-5-13)7-8-22/h1-6,9,21-22H,7-8,10H2. The van der Waals surface area contributed by atoms with E-state index in [0.717, 1.165) is 23.4 Å². The van der Waals surface area contributed by atoms with Crippen molar-refractivity contribution in [3.05, 3.63) is 65.0 Å². The summed E-state index contributed by atoms with van der Waals surface area (Å²) in [6.07, 6.45) is -4.15. The molecule has 0 aromatic heterocycles. The minimum atomic E-state index is -4.70. The fourth-order valence-corrected chi connectivity index (χ4v) is 2.02. The summed E-state index contributed by atoms with van der Waals surface area (Å²) in [6, 6.07) is 10.2. The summed E-state index contributed by atoms with van der Waals surface area (Å²) in [7, 11) is 0. The van der Waals surface area contributed by atoms with Crippen molar-refractivity contribution in [1.29, 1.82) is 0 Å². The molecule has 0 atom stereocenters. The molecule has 0 heterocycles. The van der Waals surface area contributed by atoms with Crippen molar-refractivity contribution in [2.75, 3.05) is 11.9 Å². The zero-order valence-electron chi connectivity index (χ0n) is 11.6. The van der Waals surface area contributed by atoms with Gasteiger partial charge in [0.15, 0.2) is 0 Å². The predicted molar refractivity (Wildman–Crippen MR) is 76.0 cm³/mol. The maximum Gasteiger partial charge on any atom is 0.419 e. The fraction of sp³-hybridized carbons (Fsp3) is 0.250. The van der Waals surface area contributed by atoms with Gasteiger partial charge in [-0.05, 0) is 41.8 Å². The van der Waals surface area contributed by atoms with E-state index in [2.05, 4.69) is 5.32 Å². The molecule has 0 amide bonds. The zero-order chi connectivity index (χ0) is 16.2. The molecule has 0 radical (unpaired) electrons. The largest absolute Gasteiger partial charge is 0.419 e. The van der Waals surface area contributed by atoms with Gasteiger partial charge in [-0.3, -0.25) is 0 Å². The van der Waals surface area contributed by atoms with Crippen molar-refractivity contribution in [1.82, 2.24) is 0 Å². The average Bonchev–Trinajstić information content (AvgIpc) is 2.47. The van der Waals surface area contributed by atoms with E-state index in [0.29, 0.717) is 12.0 Å². The molecule has 22 heavy (non-hydrogen) atoms. The third-order valence-corrected chi connectivity index (χ3v) is 3.19. The number of nitrogens with one attached hydrogen (secondary N) is 1. The van der Waals surface area contributed by atoms with Crippen LogP contribution in [0.15, 0.2) is 42.5 Å². The highest BCUT2D eigenvalue weighted by molar-refractivity contribution is 5.45. The van der Waals surface area contributed by atoms with E-state index in [9.17, 15) is 17.6 Å². The summed E-state index contributed by atoms with van der Waals surface area (Å²) < 4.78 is 51.1. The Bertz CT molecular complexity index is 623. The van der Waals surface area contributed by atoms with Gasteiger partial charge < -0.3 is 10.4 Å². The molecule has 0 spiro atoms. The Hall–Kier alpha value is -2.08. The van der Waals surface area contributed by atoms with Crippen LogP contribution in [0.1, 0.15) is 16.7 Å². The first kappa shape index (κ1) is 16.3. The summed E-state index contributed by atoms with van der Waals surface area (Å²) in [5.41, 5.74) is 0.784. The van der Waals surface area contributed by atoms with Crippen molar-refractivity contribution in [2.45, 2.75) is 19.1 Å². The van der Waals surface area contributed by atoms with Crippen molar-refractivity contribution < 1.29 is 22.7 Å². The first-order chi connectivity index (χ1) is 10.4. The average molecular weight is 313 g/mol. The molecule has 0 aliphatic rings. The summed E-state index contributed by atoms with van der Waals surface area (Å²) in [4.78, 5) is 0. The molecule has 2 rings (SSSR count). The molecule has 0 aliphatic heterocycles. The second kappa shape index (κ2) is 6.79. The van der Waals surface area contributed by atoms with E-state index in [-0.39, 0.29) is 13.2 Å². The van der Waals surface area contributed by atoms with Crippen LogP contribution in [-0.4, -0.2) is 11.7 Å². The second-order valence-corrected chi connectivity index (χ2v) is 4.84. The molecular weight excluding hydrogens is 298 g/mol. The number of benzene rings is 2. The van der Waals surface area contributed by atoms with Crippen LogP contribution in [0.3, 0.4) is 0 Å². The van der Waals surface area contributed by atoms with Crippen molar-refractivity contribution in [3.8, 4) is 0 Å². The number of aliphatic hydroxyl groups is 1. The van der Waals surface area contributed by atoms with Gasteiger partial charge in [-0.1, -0.05) is 18.2 Å². The first-order valence-electron chi connectivity index (χ1n) is 6.69. The smallest absolute Gasteiger partial charge is 0.396 e. The molecule has 0 saturated carbocycles. The van der Waals surface area contributed by atoms with Gasteiger partial charge in [0.05, 0.1) is 5.56 Å². The van der Waals surface area contributed by atoms with Crippen LogP contribution in [0.5, 0.6) is 0 Å². The van der Waals surface area contributed by atoms with Crippen LogP contribution in [0, 0.1) is 5.82 Å². The van der Waals surface area contributed by atoms with Crippen LogP contribution in [0.2, 0.25) is 0 Å². The lowest BCUT2D eigenvalue weighted by atomic mass is 10.1. The van der Waals surface area contributed by atoms with Gasteiger partial charge in [0.2, 0.25) is 0 Å². The number of hydrogen-bond donors (Lipinski definition) is 2. The van der Waals surface area contributed by atoms with Crippen LogP contribution in [-0.2, 0) is 19.1 Å². The topological polar surface area (TPSA) is 32.3 Å². The van der Waals surface area contributed by atoms with Crippen molar-refractivity contribution >= 4 is 5.69 Å². The SMILES string of the molecule is OCCc1ccc(NCc2ccc(F)c(C(F)(F)F)c2)cc1. The Labute approximate surface area is 125 Å². The molecule has 118 valence electrons. The quantitative estimate of drug-likeness (QED) is 0.818. The molecule has 2 nitrogen and oxygen atoms in total. The number of anilines is 1. The highest BCUT2D eigenvalue weighted by Gasteiger charge is 2.34. The fourth-order valence-electron chi connectivity index (χ4n) is 2.02. The van der Waals surface area contributed by atoms with Crippen LogP contribution < -0.4 is 5.32 Å². The minimum Gasteiger partial charge on any atom is -0.396 e. The highest BCUT2D eigenvalue weighted by atomic mass is 19.4. The van der Waals surface area contributed by atoms with Crippen LogP contribution >= 0.6 is 0 Å². The molecule has 0 bridgehead atoms. The van der Waals surface area contributed by atoms with Crippen LogP contribution in [0.25, 0.3) is 0 Å². The first-order valence-corrected chi connectivity index (χ1v) is 6.69. The molecule has 0 aliphatic carbocycles. The lowest BCUT2D eigenvalue weighted by Crippen LogP contribution is -2.10. The number of halogens is 4. The Morgan fingerprint density at radius 2 is 1.59 bits per heavy atom. The van der Waals surface area contributed by atoms with Gasteiger partial charge >= 0.3 is 6.18 Å². The van der Waals surface area contributed by atoms with E-state index >= 15 is 0 Å². The highest BCUT2D eigenvalue weighted by Crippen LogP contribution is 2.32. The second-order valence-electron chi connectivity index (χ2n) is 4.84. The maximum absolute atomic E-state index is 13.2. The van der Waals surface area contributed by atoms with Gasteiger partial charge in [0.25, 0.3) is 0 Å². The number of rotatable bonds is 5. The summed E-state index contributed by atoms with van der Waals surface area (Å²) in [5, 5.41) is 11.8. The van der Waals surface area contributed by atoms with E-state index in [1.807, 2.05) is 12.1 Å². The summed E-state index contributed by atoms with van der Waals surface area (Å²) in [5.74, 6) is -1.27. The van der Waals surface area contributed by atoms with E-state index in [1.165, 1.54) is 6.07 Å². The third-order valence-electron chi connectivity index (χ3n) is 3.19. The molecule has 0 saturated heterocycles. The monoisotopic (exact) mass is 313 g/mol. The van der Waals surface area contributed by atoms with E-state index in [1.54, 1.807) is 12.1 Å². The molecule has 2 aromatic carbocycles. The molecule has 2 N–H and O–H groups in total. The van der Waals surface area contributed by atoms with Gasteiger partial charge in [-0.2, -0.15) is 13.2 Å². The third kappa shape index (κ3) is 4.21. The lowest BCUT2D eigenvalue weighted by molar-refractivity contribution is -0.140. The minimum absolute atomic E-state index is 0.0581. The zero-order valence-corrected chi connectivity index (χ0v) is 11.6. The summed E-state index contributed by atoms with van der Waals surface area (Å²) >= 11 is 0. The van der Waals surface area contributed by atoms with Crippen molar-refractivity contribution in [2.24, 2.45) is 0 Å². The van der Waals surface area contributed by atoms with E-state index in [4.69, 9.17) is 5.11 Å². The van der Waals surface area contributed by atoms with Crippen LogP contribution in [0.4, 0.5) is 23.2 Å². The van der Waals surface area contributed by atoms with Gasteiger partial charge in [-0.25, -0.2) is 4.39 Å². The normalized spacial score (nSPS) is 11.5. The molecule has 2 aromatic rings. The Balaban J connectivity index is 2.05. The number of aliphatic hydroxyl groups excluding tert-OH is 1. The Morgan fingerprint density at radius 1 is 0.955 bits per heavy atom. The van der Waals surface area contributed by atoms with Gasteiger partial charge in [0.1, 0.15) is 5.82 Å². The molecule has 6 heteroatoms.